The maximum Gasteiger partial charge on any atom is 0.283 e. The zero-order valence-electron chi connectivity index (χ0n) is 14.4. The molecule has 0 spiro atoms. The molecule has 1 N–H and O–H groups in total. The number of benzene rings is 1. The van der Waals surface area contributed by atoms with Gasteiger partial charge in [-0.05, 0) is 48.4 Å². The molecule has 0 unspecified atom stereocenters. The van der Waals surface area contributed by atoms with Gasteiger partial charge in [0.2, 0.25) is 5.17 Å². The summed E-state index contributed by atoms with van der Waals surface area (Å²) in [4.78, 5) is 16.5. The van der Waals surface area contributed by atoms with E-state index in [1.165, 1.54) is 16.8 Å². The lowest BCUT2D eigenvalue weighted by molar-refractivity contribution is -0.114. The van der Waals surface area contributed by atoms with Crippen LogP contribution in [0.25, 0.3) is 6.08 Å². The Balaban J connectivity index is 1.90. The molecule has 1 aromatic carbocycles. The Kier molecular flexibility index (Phi) is 5.03. The van der Waals surface area contributed by atoms with Crippen molar-refractivity contribution in [2.24, 2.45) is 16.0 Å². The molecule has 2 aliphatic rings. The van der Waals surface area contributed by atoms with Gasteiger partial charge in [-0.3, -0.25) is 10.2 Å². The maximum absolute atomic E-state index is 12.4. The topological polar surface area (TPSA) is 78.1 Å². The Morgan fingerprint density at radius 2 is 1.96 bits per heavy atom. The largest absolute Gasteiger partial charge is 0.497 e. The SMILES string of the molecule is CCC(CC)C1=NN2C(=N)/C(=C\c3ccc(OC)cc3)C(=O)N=C2S1. The summed E-state index contributed by atoms with van der Waals surface area (Å²) < 4.78 is 5.13. The third kappa shape index (κ3) is 3.37. The number of hydrogen-bond acceptors (Lipinski definition) is 5. The molecule has 2 aliphatic heterocycles. The van der Waals surface area contributed by atoms with Crippen molar-refractivity contribution in [3.63, 3.8) is 0 Å². The van der Waals surface area contributed by atoms with Crippen LogP contribution >= 0.6 is 11.8 Å². The molecule has 130 valence electrons. The van der Waals surface area contributed by atoms with Gasteiger partial charge in [-0.25, -0.2) is 0 Å². The van der Waals surface area contributed by atoms with Gasteiger partial charge in [0.15, 0.2) is 5.84 Å². The Labute approximate surface area is 151 Å². The van der Waals surface area contributed by atoms with Crippen LogP contribution in [0.1, 0.15) is 32.3 Å². The summed E-state index contributed by atoms with van der Waals surface area (Å²) in [6, 6.07) is 7.30. The number of methoxy groups -OCH3 is 1. The fourth-order valence-electron chi connectivity index (χ4n) is 2.68. The van der Waals surface area contributed by atoms with Crippen LogP contribution in [0.5, 0.6) is 5.75 Å². The van der Waals surface area contributed by atoms with Gasteiger partial charge in [0.05, 0.1) is 12.7 Å². The van der Waals surface area contributed by atoms with E-state index in [1.807, 2.05) is 24.3 Å². The first-order valence-corrected chi connectivity index (χ1v) is 9.03. The van der Waals surface area contributed by atoms with E-state index in [-0.39, 0.29) is 11.4 Å². The minimum atomic E-state index is -0.402. The number of rotatable bonds is 5. The number of nitrogens with one attached hydrogen (secondary N) is 1. The van der Waals surface area contributed by atoms with E-state index in [4.69, 9.17) is 10.1 Å². The first-order chi connectivity index (χ1) is 12.1. The van der Waals surface area contributed by atoms with Crippen LogP contribution in [-0.2, 0) is 4.79 Å². The molecule has 1 aromatic rings. The van der Waals surface area contributed by atoms with E-state index in [0.717, 1.165) is 29.2 Å². The maximum atomic E-state index is 12.4. The Bertz CT molecular complexity index is 792. The number of carbonyl (C=O) groups is 1. The second-order valence-electron chi connectivity index (χ2n) is 5.74. The zero-order chi connectivity index (χ0) is 18.0. The Hall–Kier alpha value is -2.41. The molecule has 7 heteroatoms. The molecule has 0 fully saturated rings. The summed E-state index contributed by atoms with van der Waals surface area (Å²) in [5.41, 5.74) is 1.05. The first-order valence-electron chi connectivity index (χ1n) is 8.21. The number of fused-ring (bicyclic) bond motifs is 1. The second-order valence-corrected chi connectivity index (χ2v) is 6.73. The van der Waals surface area contributed by atoms with Crippen LogP contribution in [0.2, 0.25) is 0 Å². The lowest BCUT2D eigenvalue weighted by Gasteiger charge is -2.20. The highest BCUT2D eigenvalue weighted by atomic mass is 32.2. The Morgan fingerprint density at radius 3 is 2.56 bits per heavy atom. The van der Waals surface area contributed by atoms with Crippen LogP contribution in [0, 0.1) is 11.3 Å². The highest BCUT2D eigenvalue weighted by molar-refractivity contribution is 8.27. The quantitative estimate of drug-likeness (QED) is 0.815. The number of carbonyl (C=O) groups excluding carboxylic acids is 1. The third-order valence-electron chi connectivity index (χ3n) is 4.23. The summed E-state index contributed by atoms with van der Waals surface area (Å²) in [7, 11) is 1.60. The highest BCUT2D eigenvalue weighted by Gasteiger charge is 2.37. The number of aliphatic imine (C=N–C) groups is 1. The molecule has 0 aliphatic carbocycles. The van der Waals surface area contributed by atoms with Crippen LogP contribution in [0.4, 0.5) is 0 Å². The van der Waals surface area contributed by atoms with Gasteiger partial charge in [0.25, 0.3) is 5.91 Å². The van der Waals surface area contributed by atoms with Crippen molar-refractivity contribution in [1.82, 2.24) is 5.01 Å². The van der Waals surface area contributed by atoms with Gasteiger partial charge in [-0.2, -0.15) is 15.1 Å². The monoisotopic (exact) mass is 356 g/mol. The number of ether oxygens (including phenoxy) is 1. The predicted molar refractivity (Wildman–Crippen MR) is 102 cm³/mol. The fourth-order valence-corrected chi connectivity index (χ4v) is 3.83. The number of hydrogen-bond donors (Lipinski definition) is 1. The molecule has 0 radical (unpaired) electrons. The number of nitrogens with zero attached hydrogens (tertiary/aromatic N) is 3. The standard InChI is InChI=1S/C18H20N4O2S/c1-4-12(5-2)17-21-22-15(19)14(16(23)20-18(22)25-17)10-11-6-8-13(24-3)9-7-11/h6-10,12,19H,4-5H2,1-3H3/b14-10+,19-15?. The number of hydrazone groups is 1. The summed E-state index contributed by atoms with van der Waals surface area (Å²) >= 11 is 1.39. The fraction of sp³-hybridized carbons (Fsp3) is 0.333. The van der Waals surface area contributed by atoms with Crippen LogP contribution in [0.15, 0.2) is 39.9 Å². The van der Waals surface area contributed by atoms with Crippen LogP contribution in [-0.4, -0.2) is 34.1 Å². The van der Waals surface area contributed by atoms with Gasteiger partial charge in [-0.1, -0.05) is 26.0 Å². The van der Waals surface area contributed by atoms with Crippen molar-refractivity contribution in [3.05, 3.63) is 35.4 Å². The molecular formula is C18H20N4O2S. The molecule has 25 heavy (non-hydrogen) atoms. The van der Waals surface area contributed by atoms with E-state index in [0.29, 0.717) is 11.1 Å². The van der Waals surface area contributed by atoms with Gasteiger partial charge >= 0.3 is 0 Å². The molecule has 0 saturated heterocycles. The summed E-state index contributed by atoms with van der Waals surface area (Å²) in [5, 5.41) is 15.8. The van der Waals surface area contributed by atoms with E-state index in [1.54, 1.807) is 13.2 Å². The number of thioether (sulfide) groups is 1. The molecule has 2 heterocycles. The molecule has 0 bridgehead atoms. The average molecular weight is 356 g/mol. The molecule has 6 nitrogen and oxygen atoms in total. The molecule has 0 saturated carbocycles. The van der Waals surface area contributed by atoms with Crippen LogP contribution in [0.3, 0.4) is 0 Å². The molecule has 0 aromatic heterocycles. The predicted octanol–water partition coefficient (Wildman–Crippen LogP) is 3.75. The van der Waals surface area contributed by atoms with Crippen molar-refractivity contribution >= 4 is 39.8 Å². The summed E-state index contributed by atoms with van der Waals surface area (Å²) in [6.45, 7) is 4.23. The number of amidine groups is 2. The van der Waals surface area contributed by atoms with E-state index >= 15 is 0 Å². The normalized spacial score (nSPS) is 18.6. The minimum absolute atomic E-state index is 0.0688. The van der Waals surface area contributed by atoms with Gasteiger partial charge in [0, 0.05) is 5.92 Å². The lowest BCUT2D eigenvalue weighted by atomic mass is 10.1. The van der Waals surface area contributed by atoms with Crippen molar-refractivity contribution in [2.45, 2.75) is 26.7 Å². The molecule has 1 amide bonds. The summed E-state index contributed by atoms with van der Waals surface area (Å²) in [6.07, 6.45) is 3.61. The molecular weight excluding hydrogens is 336 g/mol. The van der Waals surface area contributed by atoms with E-state index < -0.39 is 5.91 Å². The molecule has 3 rings (SSSR count). The smallest absolute Gasteiger partial charge is 0.283 e. The Morgan fingerprint density at radius 1 is 1.28 bits per heavy atom. The van der Waals surface area contributed by atoms with E-state index in [2.05, 4.69) is 23.9 Å². The van der Waals surface area contributed by atoms with Crippen molar-refractivity contribution in [2.75, 3.05) is 7.11 Å². The lowest BCUT2D eigenvalue weighted by Crippen LogP contribution is -2.35. The average Bonchev–Trinajstić information content (AvgIpc) is 3.04. The number of amides is 1. The van der Waals surface area contributed by atoms with Gasteiger partial charge < -0.3 is 4.74 Å². The minimum Gasteiger partial charge on any atom is -0.497 e. The van der Waals surface area contributed by atoms with Crippen molar-refractivity contribution < 1.29 is 9.53 Å². The second kappa shape index (κ2) is 7.23. The van der Waals surface area contributed by atoms with Gasteiger partial charge in [-0.15, -0.1) is 0 Å². The van der Waals surface area contributed by atoms with Crippen LogP contribution < -0.4 is 4.74 Å². The third-order valence-corrected chi connectivity index (χ3v) is 5.30. The van der Waals surface area contributed by atoms with Crippen molar-refractivity contribution in [1.29, 1.82) is 5.41 Å². The van der Waals surface area contributed by atoms with Crippen molar-refractivity contribution in [3.8, 4) is 5.75 Å². The molecule has 0 atom stereocenters. The highest BCUT2D eigenvalue weighted by Crippen LogP contribution is 2.32. The van der Waals surface area contributed by atoms with E-state index in [9.17, 15) is 4.79 Å². The zero-order valence-corrected chi connectivity index (χ0v) is 15.3. The summed E-state index contributed by atoms with van der Waals surface area (Å²) in [5.74, 6) is 0.734. The van der Waals surface area contributed by atoms with Gasteiger partial charge in [0.1, 0.15) is 10.8 Å². The first kappa shape index (κ1) is 17.4.